The number of hydrogen-bond donors (Lipinski definition) is 0. The van der Waals surface area contributed by atoms with Crippen LogP contribution in [0.2, 0.25) is 0 Å². The minimum Gasteiger partial charge on any atom is -0.166 e. The molecule has 0 atom stereocenters. The van der Waals surface area contributed by atoms with E-state index in [1.807, 2.05) is 0 Å². The summed E-state index contributed by atoms with van der Waals surface area (Å²) in [6.07, 6.45) is -7.63. The van der Waals surface area contributed by atoms with Crippen LogP contribution in [0.15, 0.2) is 29.4 Å². The fraction of sp³-hybridized carbons (Fsp3) is 0.273. The minimum absolute atomic E-state index is 0.260. The largest absolute Gasteiger partial charge is 0.416 e. The molecule has 0 aliphatic rings. The summed E-state index contributed by atoms with van der Waals surface area (Å²) in [6.45, 7) is -0.260. The van der Waals surface area contributed by atoms with E-state index in [0.29, 0.717) is 18.2 Å². The molecule has 0 spiro atoms. The highest BCUT2D eigenvalue weighted by Crippen LogP contribution is 2.36. The fourth-order valence-electron chi connectivity index (χ4n) is 1.40. The predicted octanol–water partition coefficient (Wildman–Crippen LogP) is 5.05. The van der Waals surface area contributed by atoms with Crippen molar-refractivity contribution in [3.63, 3.8) is 0 Å². The first-order chi connectivity index (χ1) is 9.16. The van der Waals surface area contributed by atoms with Gasteiger partial charge >= 0.3 is 12.4 Å². The van der Waals surface area contributed by atoms with E-state index in [4.69, 9.17) is 5.53 Å². The lowest BCUT2D eigenvalue weighted by Crippen LogP contribution is -2.11. The van der Waals surface area contributed by atoms with E-state index < -0.39 is 29.0 Å². The first-order valence-corrected chi connectivity index (χ1v) is 5.12. The van der Waals surface area contributed by atoms with Crippen LogP contribution in [-0.4, -0.2) is 6.54 Å². The monoisotopic (exact) mass is 295 g/mol. The molecular formula is C11H7F6N3. The number of hydrogen-bond acceptors (Lipinski definition) is 1. The maximum absolute atomic E-state index is 12.7. The molecule has 108 valence electrons. The van der Waals surface area contributed by atoms with Gasteiger partial charge in [0.05, 0.1) is 11.1 Å². The van der Waals surface area contributed by atoms with Gasteiger partial charge in [0.25, 0.3) is 0 Å². The molecule has 0 aliphatic heterocycles. The van der Waals surface area contributed by atoms with E-state index in [0.717, 1.165) is 12.2 Å². The van der Waals surface area contributed by atoms with Crippen molar-refractivity contribution in [2.24, 2.45) is 5.11 Å². The van der Waals surface area contributed by atoms with Crippen LogP contribution >= 0.6 is 0 Å². The maximum Gasteiger partial charge on any atom is 0.416 e. The van der Waals surface area contributed by atoms with E-state index in [9.17, 15) is 26.3 Å². The van der Waals surface area contributed by atoms with Gasteiger partial charge in [0, 0.05) is 11.5 Å². The third kappa shape index (κ3) is 4.20. The Morgan fingerprint density at radius 1 is 1.10 bits per heavy atom. The maximum atomic E-state index is 12.7. The van der Waals surface area contributed by atoms with E-state index in [1.54, 1.807) is 0 Å². The molecular weight excluding hydrogens is 288 g/mol. The van der Waals surface area contributed by atoms with Crippen molar-refractivity contribution >= 4 is 6.08 Å². The van der Waals surface area contributed by atoms with Crippen molar-refractivity contribution in [1.29, 1.82) is 0 Å². The Hall–Kier alpha value is -2.15. The summed E-state index contributed by atoms with van der Waals surface area (Å²) < 4.78 is 75.4. The Balaban J connectivity index is 3.27. The van der Waals surface area contributed by atoms with Crippen LogP contribution in [0.3, 0.4) is 0 Å². The van der Waals surface area contributed by atoms with Gasteiger partial charge in [-0.25, -0.2) is 0 Å². The Morgan fingerprint density at radius 2 is 1.75 bits per heavy atom. The highest BCUT2D eigenvalue weighted by Gasteiger charge is 2.36. The minimum atomic E-state index is -4.78. The van der Waals surface area contributed by atoms with Gasteiger partial charge in [0.2, 0.25) is 0 Å². The Labute approximate surface area is 109 Å². The molecule has 3 nitrogen and oxygen atoms in total. The Bertz CT molecular complexity index is 552. The molecule has 9 heteroatoms. The fourth-order valence-corrected chi connectivity index (χ4v) is 1.40. The normalized spacial score (nSPS) is 12.5. The lowest BCUT2D eigenvalue weighted by molar-refractivity contribution is -0.141. The van der Waals surface area contributed by atoms with Gasteiger partial charge in [-0.3, -0.25) is 0 Å². The van der Waals surface area contributed by atoms with E-state index in [2.05, 4.69) is 10.0 Å². The lowest BCUT2D eigenvalue weighted by Gasteiger charge is -2.13. The molecule has 0 bridgehead atoms. The summed E-state index contributed by atoms with van der Waals surface area (Å²) in [4.78, 5) is 2.37. The molecule has 0 unspecified atom stereocenters. The summed E-state index contributed by atoms with van der Waals surface area (Å²) in [5.74, 6) is 0. The average molecular weight is 295 g/mol. The summed E-state index contributed by atoms with van der Waals surface area (Å²) in [6, 6.07) is 1.14. The van der Waals surface area contributed by atoms with Crippen molar-refractivity contribution in [1.82, 2.24) is 0 Å². The van der Waals surface area contributed by atoms with Crippen molar-refractivity contribution in [2.75, 3.05) is 6.54 Å². The topological polar surface area (TPSA) is 48.8 Å². The van der Waals surface area contributed by atoms with Crippen LogP contribution < -0.4 is 0 Å². The first kappa shape index (κ1) is 15.9. The molecule has 0 fully saturated rings. The predicted molar refractivity (Wildman–Crippen MR) is 59.5 cm³/mol. The average Bonchev–Trinajstić information content (AvgIpc) is 2.32. The second kappa shape index (κ2) is 5.87. The number of rotatable bonds is 3. The van der Waals surface area contributed by atoms with Crippen LogP contribution in [0.1, 0.15) is 16.7 Å². The smallest absolute Gasteiger partial charge is 0.166 e. The van der Waals surface area contributed by atoms with E-state index >= 15 is 0 Å². The molecule has 1 aromatic carbocycles. The third-order valence-corrected chi connectivity index (χ3v) is 2.23. The first-order valence-electron chi connectivity index (χ1n) is 5.12. The van der Waals surface area contributed by atoms with Gasteiger partial charge in [0.1, 0.15) is 0 Å². The molecule has 0 radical (unpaired) electrons. The molecule has 0 aromatic heterocycles. The molecule has 0 heterocycles. The van der Waals surface area contributed by atoms with Crippen molar-refractivity contribution < 1.29 is 26.3 Å². The van der Waals surface area contributed by atoms with Gasteiger partial charge in [-0.1, -0.05) is 17.3 Å². The quantitative estimate of drug-likeness (QED) is 0.324. The molecule has 20 heavy (non-hydrogen) atoms. The van der Waals surface area contributed by atoms with Crippen LogP contribution in [-0.2, 0) is 12.4 Å². The van der Waals surface area contributed by atoms with Gasteiger partial charge in [-0.15, -0.1) is 0 Å². The zero-order chi connectivity index (χ0) is 15.4. The molecule has 0 aliphatic carbocycles. The molecule has 0 saturated carbocycles. The highest BCUT2D eigenvalue weighted by molar-refractivity contribution is 5.56. The highest BCUT2D eigenvalue weighted by atomic mass is 19.4. The number of halogens is 6. The molecule has 1 rings (SSSR count). The van der Waals surface area contributed by atoms with E-state index in [-0.39, 0.29) is 6.54 Å². The number of alkyl halides is 6. The van der Waals surface area contributed by atoms with Crippen LogP contribution in [0.25, 0.3) is 16.5 Å². The van der Waals surface area contributed by atoms with Gasteiger partial charge in [-0.05, 0) is 29.3 Å². The summed E-state index contributed by atoms with van der Waals surface area (Å²) in [5, 5.41) is 3.04. The Morgan fingerprint density at radius 3 is 2.25 bits per heavy atom. The van der Waals surface area contributed by atoms with Crippen molar-refractivity contribution in [3.05, 3.63) is 51.4 Å². The van der Waals surface area contributed by atoms with E-state index in [1.165, 1.54) is 0 Å². The second-order valence-corrected chi connectivity index (χ2v) is 3.61. The Kier molecular flexibility index (Phi) is 4.67. The standard InChI is InChI=1S/C11H7F6N3/c12-10(13,14)8-3-4-9(11(15,16)17)7(6-8)2-1-5-19-20-18/h1-4,6H,5H2. The third-order valence-electron chi connectivity index (χ3n) is 2.23. The summed E-state index contributed by atoms with van der Waals surface area (Å²) >= 11 is 0. The van der Waals surface area contributed by atoms with Crippen LogP contribution in [0.5, 0.6) is 0 Å². The van der Waals surface area contributed by atoms with Gasteiger partial charge < -0.3 is 0 Å². The summed E-state index contributed by atoms with van der Waals surface area (Å²) in [7, 11) is 0. The van der Waals surface area contributed by atoms with Gasteiger partial charge in [-0.2, -0.15) is 26.3 Å². The molecule has 0 N–H and O–H groups in total. The van der Waals surface area contributed by atoms with Crippen molar-refractivity contribution in [3.8, 4) is 0 Å². The molecule has 0 amide bonds. The van der Waals surface area contributed by atoms with Crippen LogP contribution in [0, 0.1) is 0 Å². The van der Waals surface area contributed by atoms with Crippen molar-refractivity contribution in [2.45, 2.75) is 12.4 Å². The molecule has 1 aromatic rings. The lowest BCUT2D eigenvalue weighted by atomic mass is 10.0. The number of azide groups is 1. The number of benzene rings is 1. The number of nitrogens with zero attached hydrogens (tertiary/aromatic N) is 3. The second-order valence-electron chi connectivity index (χ2n) is 3.61. The zero-order valence-corrected chi connectivity index (χ0v) is 9.70. The zero-order valence-electron chi connectivity index (χ0n) is 9.70. The summed E-state index contributed by atoms with van der Waals surface area (Å²) in [5.41, 5.74) is 4.98. The SMILES string of the molecule is [N-]=[N+]=NCC=Cc1cc(C(F)(F)F)ccc1C(F)(F)F. The molecule has 0 saturated heterocycles. The van der Waals surface area contributed by atoms with Gasteiger partial charge in [0.15, 0.2) is 0 Å². The van der Waals surface area contributed by atoms with Crippen LogP contribution in [0.4, 0.5) is 26.3 Å².